The molecule has 1 aliphatic rings. The second kappa shape index (κ2) is 12.7. The van der Waals surface area contributed by atoms with E-state index in [1.165, 1.54) is 49.1 Å². The average molecular weight is 590 g/mol. The van der Waals surface area contributed by atoms with Gasteiger partial charge in [-0.1, -0.05) is 12.1 Å². The van der Waals surface area contributed by atoms with E-state index < -0.39 is 30.1 Å². The Hall–Kier alpha value is -2.67. The molecule has 2 heterocycles. The Kier molecular flexibility index (Phi) is 10.0. The number of benzene rings is 1. The van der Waals surface area contributed by atoms with Crippen LogP contribution in [0.5, 0.6) is 0 Å². The highest BCUT2D eigenvalue weighted by atomic mass is 35.5. The first-order chi connectivity index (χ1) is 18.0. The first-order valence-electron chi connectivity index (χ1n) is 12.4. The number of anilines is 2. The molecule has 2 atom stereocenters. The number of fused-ring (bicyclic) bond motifs is 1. The predicted molar refractivity (Wildman–Crippen MR) is 144 cm³/mol. The zero-order chi connectivity index (χ0) is 27.6. The number of hydrogen-bond donors (Lipinski definition) is 2. The lowest BCUT2D eigenvalue weighted by Gasteiger charge is -2.35. The van der Waals surface area contributed by atoms with Crippen LogP contribution in [-0.4, -0.2) is 57.3 Å². The zero-order valence-electron chi connectivity index (χ0n) is 21.8. The number of aromatic nitrogens is 4. The Morgan fingerprint density at radius 3 is 2.46 bits per heavy atom. The largest absolute Gasteiger partial charge is 0.413 e. The van der Waals surface area contributed by atoms with E-state index >= 15 is 0 Å². The quantitative estimate of drug-likeness (QED) is 0.358. The smallest absolute Gasteiger partial charge is 0.375 e. The number of nitrogens with zero attached hydrogens (tertiary/aromatic N) is 5. The first kappa shape index (κ1) is 30.9. The van der Waals surface area contributed by atoms with Crippen molar-refractivity contribution in [3.05, 3.63) is 47.0 Å². The summed E-state index contributed by atoms with van der Waals surface area (Å²) < 4.78 is 49.5. The average Bonchev–Trinajstić information content (AvgIpc) is 3.28. The summed E-state index contributed by atoms with van der Waals surface area (Å²) in [6.45, 7) is 2.34. The van der Waals surface area contributed by atoms with Gasteiger partial charge in [0.2, 0.25) is 11.2 Å². The molecular formula is C25H32Cl2F3N7O2. The number of carbonyl (C=O) groups excluding carboxylic acids is 1. The van der Waals surface area contributed by atoms with Gasteiger partial charge in [0, 0.05) is 25.8 Å². The van der Waals surface area contributed by atoms with Gasteiger partial charge in [-0.15, -0.1) is 17.5 Å². The lowest BCUT2D eigenvalue weighted by Crippen LogP contribution is -2.43. The van der Waals surface area contributed by atoms with Crippen LogP contribution in [0.1, 0.15) is 56.0 Å². The SMILES string of the molecule is CO[C@@H](C)c1c(Nc2ccc([C@H](N(C)C(=O)C3CCC(CN)CC3)C(F)(F)F)cc2)cnc2nc(Cl)nn12.Cl. The molecule has 1 saturated carbocycles. The number of nitrogens with one attached hydrogen (secondary N) is 1. The van der Waals surface area contributed by atoms with Crippen LogP contribution in [0.4, 0.5) is 24.5 Å². The van der Waals surface area contributed by atoms with E-state index in [0.29, 0.717) is 42.4 Å². The lowest BCUT2D eigenvalue weighted by molar-refractivity contribution is -0.191. The summed E-state index contributed by atoms with van der Waals surface area (Å²) in [4.78, 5) is 22.2. The van der Waals surface area contributed by atoms with Gasteiger partial charge >= 0.3 is 6.18 Å². The molecule has 14 heteroatoms. The summed E-state index contributed by atoms with van der Waals surface area (Å²) in [5, 5.41) is 7.33. The van der Waals surface area contributed by atoms with Crippen molar-refractivity contribution >= 4 is 47.1 Å². The van der Waals surface area contributed by atoms with E-state index in [1.807, 2.05) is 6.92 Å². The zero-order valence-corrected chi connectivity index (χ0v) is 23.4. The van der Waals surface area contributed by atoms with Crippen molar-refractivity contribution in [2.45, 2.75) is 50.9 Å². The van der Waals surface area contributed by atoms with Crippen molar-refractivity contribution in [1.29, 1.82) is 0 Å². The molecule has 0 aliphatic heterocycles. The predicted octanol–water partition coefficient (Wildman–Crippen LogP) is 5.48. The third-order valence-corrected chi connectivity index (χ3v) is 7.36. The highest BCUT2D eigenvalue weighted by molar-refractivity contribution is 6.28. The molecule has 0 bridgehead atoms. The summed E-state index contributed by atoms with van der Waals surface area (Å²) in [7, 11) is 2.76. The number of hydrogen-bond acceptors (Lipinski definition) is 7. The topological polar surface area (TPSA) is 111 Å². The van der Waals surface area contributed by atoms with Crippen LogP contribution >= 0.6 is 24.0 Å². The molecule has 39 heavy (non-hydrogen) atoms. The number of alkyl halides is 3. The van der Waals surface area contributed by atoms with Crippen LogP contribution in [0.3, 0.4) is 0 Å². The number of ether oxygens (including phenoxy) is 1. The van der Waals surface area contributed by atoms with Gasteiger partial charge in [0.25, 0.3) is 5.78 Å². The van der Waals surface area contributed by atoms with Gasteiger partial charge in [-0.25, -0.2) is 4.98 Å². The van der Waals surface area contributed by atoms with E-state index in [-0.39, 0.29) is 29.0 Å². The second-order valence-corrected chi connectivity index (χ2v) is 9.96. The molecule has 1 aliphatic carbocycles. The van der Waals surface area contributed by atoms with Crippen LogP contribution in [0, 0.1) is 11.8 Å². The Labute approximate surface area is 235 Å². The molecule has 0 spiro atoms. The molecule has 0 radical (unpaired) electrons. The molecule has 1 fully saturated rings. The highest BCUT2D eigenvalue weighted by Gasteiger charge is 2.46. The molecule has 3 N–H and O–H groups in total. The Balaban J connectivity index is 0.00000420. The van der Waals surface area contributed by atoms with Crippen molar-refractivity contribution in [3.63, 3.8) is 0 Å². The number of methoxy groups -OCH3 is 1. The lowest BCUT2D eigenvalue weighted by atomic mass is 9.81. The minimum Gasteiger partial charge on any atom is -0.375 e. The molecule has 0 saturated heterocycles. The van der Waals surface area contributed by atoms with Crippen LogP contribution in [0.15, 0.2) is 30.5 Å². The van der Waals surface area contributed by atoms with E-state index in [4.69, 9.17) is 22.1 Å². The van der Waals surface area contributed by atoms with Crippen molar-refractivity contribution in [3.8, 4) is 0 Å². The Morgan fingerprint density at radius 1 is 1.26 bits per heavy atom. The number of halogens is 5. The molecule has 3 aromatic rings. The fourth-order valence-electron chi connectivity index (χ4n) is 5.02. The molecule has 214 valence electrons. The Morgan fingerprint density at radius 2 is 1.90 bits per heavy atom. The summed E-state index contributed by atoms with van der Waals surface area (Å²) in [5.74, 6) is -0.309. The maximum absolute atomic E-state index is 14.2. The van der Waals surface area contributed by atoms with Gasteiger partial charge in [0.1, 0.15) is 0 Å². The normalized spacial score (nSPS) is 19.3. The van der Waals surface area contributed by atoms with Gasteiger partial charge in [-0.05, 0) is 74.4 Å². The van der Waals surface area contributed by atoms with Gasteiger partial charge in [0.05, 0.1) is 23.7 Å². The standard InChI is InChI=1S/C25H31ClF3N7O2.ClH/c1-14(38-3)20-19(13-31-24-33-23(26)34-36(20)24)32-18-10-8-16(9-11-18)21(25(27,28)29)35(2)22(37)17-6-4-15(12-30)5-7-17;/h8-11,13-15,17,21,32H,4-7,12,30H2,1-3H3;1H/t14-,15?,17?,21-;/m0./s1. The number of carbonyl (C=O) groups is 1. The van der Waals surface area contributed by atoms with Gasteiger partial charge in [0.15, 0.2) is 6.04 Å². The molecule has 0 unspecified atom stereocenters. The number of rotatable bonds is 8. The van der Waals surface area contributed by atoms with Crippen LogP contribution in [0.25, 0.3) is 5.78 Å². The third-order valence-electron chi connectivity index (χ3n) is 7.20. The fourth-order valence-corrected chi connectivity index (χ4v) is 5.17. The van der Waals surface area contributed by atoms with E-state index in [1.54, 1.807) is 0 Å². The fraction of sp³-hybridized carbons (Fsp3) is 0.520. The summed E-state index contributed by atoms with van der Waals surface area (Å²) in [6, 6.07) is 3.73. The number of nitrogens with two attached hydrogens (primary N) is 1. The molecule has 1 aromatic carbocycles. The van der Waals surface area contributed by atoms with Crippen molar-refractivity contribution < 1.29 is 22.7 Å². The van der Waals surface area contributed by atoms with Crippen molar-refractivity contribution in [1.82, 2.24) is 24.5 Å². The van der Waals surface area contributed by atoms with E-state index in [9.17, 15) is 18.0 Å². The Bertz CT molecular complexity index is 1270. The highest BCUT2D eigenvalue weighted by Crippen LogP contribution is 2.40. The van der Waals surface area contributed by atoms with Gasteiger partial charge in [-0.2, -0.15) is 22.7 Å². The van der Waals surface area contributed by atoms with Crippen molar-refractivity contribution in [2.75, 3.05) is 26.0 Å². The van der Waals surface area contributed by atoms with E-state index in [0.717, 1.165) is 17.7 Å². The monoisotopic (exact) mass is 589 g/mol. The third kappa shape index (κ3) is 6.74. The summed E-state index contributed by atoms with van der Waals surface area (Å²) >= 11 is 5.94. The molecule has 1 amide bonds. The van der Waals surface area contributed by atoms with E-state index in [2.05, 4.69) is 20.4 Å². The minimum absolute atomic E-state index is 0. The molecule has 9 nitrogen and oxygen atoms in total. The molecule has 2 aromatic heterocycles. The maximum Gasteiger partial charge on any atom is 0.413 e. The summed E-state index contributed by atoms with van der Waals surface area (Å²) in [5.41, 5.74) is 7.30. The maximum atomic E-state index is 14.2. The molecular weight excluding hydrogens is 558 g/mol. The minimum atomic E-state index is -4.64. The van der Waals surface area contributed by atoms with Crippen molar-refractivity contribution in [2.24, 2.45) is 17.6 Å². The molecule has 4 rings (SSSR count). The van der Waals surface area contributed by atoms with Crippen LogP contribution in [0.2, 0.25) is 5.28 Å². The second-order valence-electron chi connectivity index (χ2n) is 9.62. The van der Waals surface area contributed by atoms with Crippen LogP contribution in [-0.2, 0) is 9.53 Å². The van der Waals surface area contributed by atoms with Gasteiger partial charge < -0.3 is 20.7 Å². The van der Waals surface area contributed by atoms with Gasteiger partial charge in [-0.3, -0.25) is 4.79 Å². The number of amides is 1. The summed E-state index contributed by atoms with van der Waals surface area (Å²) in [6.07, 6.45) is -0.924. The first-order valence-corrected chi connectivity index (χ1v) is 12.8. The van der Waals surface area contributed by atoms with Crippen LogP contribution < -0.4 is 11.1 Å².